The molecule has 94 valence electrons. The highest BCUT2D eigenvalue weighted by Crippen LogP contribution is 2.27. The molecular formula is C12H11ClN2O2S. The average molecular weight is 283 g/mol. The van der Waals surface area contributed by atoms with Crippen LogP contribution in [0.25, 0.3) is 0 Å². The number of aromatic nitrogens is 1. The van der Waals surface area contributed by atoms with Crippen molar-refractivity contribution in [1.29, 1.82) is 0 Å². The molecule has 0 fully saturated rings. The molecule has 2 rings (SSSR count). The van der Waals surface area contributed by atoms with Gasteiger partial charge in [-0.25, -0.2) is 9.78 Å². The number of carbonyl (C=O) groups excluding carboxylic acids is 1. The first-order chi connectivity index (χ1) is 8.65. The summed E-state index contributed by atoms with van der Waals surface area (Å²) in [7, 11) is 0. The number of benzene rings is 1. The van der Waals surface area contributed by atoms with Crippen molar-refractivity contribution in [3.05, 3.63) is 45.9 Å². The first-order valence-corrected chi connectivity index (χ1v) is 6.45. The van der Waals surface area contributed by atoms with E-state index < -0.39 is 6.09 Å². The molecule has 0 unspecified atom stereocenters. The van der Waals surface area contributed by atoms with Gasteiger partial charge in [-0.3, -0.25) is 5.32 Å². The van der Waals surface area contributed by atoms with Gasteiger partial charge >= 0.3 is 6.09 Å². The number of anilines is 1. The lowest BCUT2D eigenvalue weighted by Crippen LogP contribution is -2.13. The number of amides is 1. The Hall–Kier alpha value is -1.59. The molecule has 0 atom stereocenters. The van der Waals surface area contributed by atoms with Gasteiger partial charge in [0, 0.05) is 0 Å². The Kier molecular flexibility index (Phi) is 4.17. The topological polar surface area (TPSA) is 51.2 Å². The summed E-state index contributed by atoms with van der Waals surface area (Å²) in [4.78, 5) is 15.6. The predicted octanol–water partition coefficient (Wildman–Crippen LogP) is 3.85. The molecule has 1 aromatic heterocycles. The first-order valence-electron chi connectivity index (χ1n) is 5.26. The van der Waals surface area contributed by atoms with Crippen LogP contribution in [0.15, 0.2) is 30.3 Å². The molecule has 1 N–H and O–H groups in total. The Morgan fingerprint density at radius 2 is 2.17 bits per heavy atom. The summed E-state index contributed by atoms with van der Waals surface area (Å²) in [5, 5.41) is 2.98. The molecule has 2 aromatic rings. The van der Waals surface area contributed by atoms with E-state index in [4.69, 9.17) is 16.3 Å². The van der Waals surface area contributed by atoms with Crippen LogP contribution in [0.1, 0.15) is 11.3 Å². The van der Waals surface area contributed by atoms with Crippen molar-refractivity contribution in [1.82, 2.24) is 4.98 Å². The lowest BCUT2D eigenvalue weighted by atomic mass is 10.2. The van der Waals surface area contributed by atoms with Crippen LogP contribution in [0.5, 0.6) is 0 Å². The molecule has 0 aliphatic carbocycles. The molecular weight excluding hydrogens is 272 g/mol. The van der Waals surface area contributed by atoms with Gasteiger partial charge in [-0.1, -0.05) is 53.3 Å². The maximum absolute atomic E-state index is 11.5. The number of ether oxygens (including phenoxy) is 1. The zero-order valence-electron chi connectivity index (χ0n) is 9.64. The minimum atomic E-state index is -0.538. The minimum absolute atomic E-state index is 0.227. The van der Waals surface area contributed by atoms with Crippen molar-refractivity contribution >= 4 is 34.2 Å². The van der Waals surface area contributed by atoms with Crippen molar-refractivity contribution in [2.75, 3.05) is 5.32 Å². The molecule has 0 saturated heterocycles. The molecule has 4 nitrogen and oxygen atoms in total. The summed E-state index contributed by atoms with van der Waals surface area (Å²) >= 11 is 7.06. The van der Waals surface area contributed by atoms with Gasteiger partial charge in [-0.2, -0.15) is 0 Å². The summed E-state index contributed by atoms with van der Waals surface area (Å²) in [5.41, 5.74) is 1.63. The molecule has 0 spiro atoms. The Morgan fingerprint density at radius 1 is 1.44 bits per heavy atom. The number of halogens is 1. The van der Waals surface area contributed by atoms with Crippen molar-refractivity contribution < 1.29 is 9.53 Å². The van der Waals surface area contributed by atoms with Crippen molar-refractivity contribution in [2.45, 2.75) is 13.5 Å². The third kappa shape index (κ3) is 3.45. The second-order valence-electron chi connectivity index (χ2n) is 3.56. The normalized spacial score (nSPS) is 10.1. The molecule has 0 radical (unpaired) electrons. The van der Waals surface area contributed by atoms with Gasteiger partial charge in [0.2, 0.25) is 0 Å². The molecule has 0 saturated carbocycles. The number of hydrogen-bond acceptors (Lipinski definition) is 4. The lowest BCUT2D eigenvalue weighted by Gasteiger charge is -2.04. The van der Waals surface area contributed by atoms with Crippen LogP contribution in [0.4, 0.5) is 9.93 Å². The van der Waals surface area contributed by atoms with E-state index in [1.807, 2.05) is 30.3 Å². The zero-order chi connectivity index (χ0) is 13.0. The monoisotopic (exact) mass is 282 g/mol. The van der Waals surface area contributed by atoms with Gasteiger partial charge in [0.15, 0.2) is 5.13 Å². The van der Waals surface area contributed by atoms with E-state index >= 15 is 0 Å². The molecule has 1 amide bonds. The van der Waals surface area contributed by atoms with Gasteiger partial charge in [-0.15, -0.1) is 0 Å². The van der Waals surface area contributed by atoms with Crippen LogP contribution in [0.3, 0.4) is 0 Å². The maximum atomic E-state index is 11.5. The molecule has 0 aliphatic rings. The standard InChI is InChI=1S/C12H11ClN2O2S/c1-8-10(13)18-11(14-8)15-12(16)17-7-9-5-3-2-4-6-9/h2-6H,7H2,1H3,(H,14,15,16). The van der Waals surface area contributed by atoms with Crippen molar-refractivity contribution in [2.24, 2.45) is 0 Å². The minimum Gasteiger partial charge on any atom is -0.444 e. The highest BCUT2D eigenvalue weighted by atomic mass is 35.5. The van der Waals surface area contributed by atoms with Crippen LogP contribution in [-0.2, 0) is 11.3 Å². The Balaban J connectivity index is 1.86. The third-order valence-corrected chi connectivity index (χ3v) is 3.53. The van der Waals surface area contributed by atoms with E-state index in [1.165, 1.54) is 11.3 Å². The zero-order valence-corrected chi connectivity index (χ0v) is 11.2. The van der Waals surface area contributed by atoms with Gasteiger partial charge in [0.1, 0.15) is 10.9 Å². The molecule has 0 aliphatic heterocycles. The third-order valence-electron chi connectivity index (χ3n) is 2.16. The van der Waals surface area contributed by atoms with Crippen molar-refractivity contribution in [3.63, 3.8) is 0 Å². The number of thiazole rings is 1. The van der Waals surface area contributed by atoms with Crippen LogP contribution in [0.2, 0.25) is 4.34 Å². The van der Waals surface area contributed by atoms with Crippen LogP contribution < -0.4 is 5.32 Å². The quantitative estimate of drug-likeness (QED) is 0.930. The van der Waals surface area contributed by atoms with E-state index in [1.54, 1.807) is 6.92 Å². The highest BCUT2D eigenvalue weighted by molar-refractivity contribution is 7.19. The molecule has 6 heteroatoms. The highest BCUT2D eigenvalue weighted by Gasteiger charge is 2.09. The van der Waals surface area contributed by atoms with E-state index in [0.717, 1.165) is 5.56 Å². The van der Waals surface area contributed by atoms with Crippen LogP contribution in [0, 0.1) is 6.92 Å². The smallest absolute Gasteiger partial charge is 0.413 e. The molecule has 1 heterocycles. The molecule has 0 bridgehead atoms. The fraction of sp³-hybridized carbons (Fsp3) is 0.167. The second kappa shape index (κ2) is 5.84. The van der Waals surface area contributed by atoms with Crippen LogP contribution >= 0.6 is 22.9 Å². The van der Waals surface area contributed by atoms with Crippen LogP contribution in [-0.4, -0.2) is 11.1 Å². The lowest BCUT2D eigenvalue weighted by molar-refractivity contribution is 0.155. The molecule has 1 aromatic carbocycles. The number of hydrogen-bond donors (Lipinski definition) is 1. The largest absolute Gasteiger partial charge is 0.444 e. The Morgan fingerprint density at radius 3 is 2.78 bits per heavy atom. The summed E-state index contributed by atoms with van der Waals surface area (Å²) in [6.07, 6.45) is -0.538. The number of rotatable bonds is 3. The van der Waals surface area contributed by atoms with E-state index in [9.17, 15) is 4.79 Å². The average Bonchev–Trinajstić information content (AvgIpc) is 2.67. The predicted molar refractivity (Wildman–Crippen MR) is 72.1 cm³/mol. The number of aryl methyl sites for hydroxylation is 1. The first kappa shape index (κ1) is 12.9. The van der Waals surface area contributed by atoms with Gasteiger partial charge in [0.25, 0.3) is 0 Å². The SMILES string of the molecule is Cc1nc(NC(=O)OCc2ccccc2)sc1Cl. The van der Waals surface area contributed by atoms with E-state index in [-0.39, 0.29) is 6.61 Å². The van der Waals surface area contributed by atoms with Gasteiger partial charge < -0.3 is 4.74 Å². The van der Waals surface area contributed by atoms with E-state index in [0.29, 0.717) is 15.2 Å². The summed E-state index contributed by atoms with van der Waals surface area (Å²) in [5.74, 6) is 0. The summed E-state index contributed by atoms with van der Waals surface area (Å²) in [6.45, 7) is 2.00. The Labute approximate surface area is 114 Å². The fourth-order valence-electron chi connectivity index (χ4n) is 1.28. The summed E-state index contributed by atoms with van der Waals surface area (Å²) < 4.78 is 5.62. The van der Waals surface area contributed by atoms with E-state index in [2.05, 4.69) is 10.3 Å². The van der Waals surface area contributed by atoms with Crippen molar-refractivity contribution in [3.8, 4) is 0 Å². The number of carbonyl (C=O) groups is 1. The maximum Gasteiger partial charge on any atom is 0.413 e. The second-order valence-corrected chi connectivity index (χ2v) is 5.17. The fourth-order valence-corrected chi connectivity index (χ4v) is 2.22. The summed E-state index contributed by atoms with van der Waals surface area (Å²) in [6, 6.07) is 9.46. The van der Waals surface area contributed by atoms with Gasteiger partial charge in [0.05, 0.1) is 5.69 Å². The van der Waals surface area contributed by atoms with Gasteiger partial charge in [-0.05, 0) is 12.5 Å². The number of nitrogens with one attached hydrogen (secondary N) is 1. The molecule has 18 heavy (non-hydrogen) atoms. The number of nitrogens with zero attached hydrogens (tertiary/aromatic N) is 1. The Bertz CT molecular complexity index is 523.